The van der Waals surface area contributed by atoms with Crippen LogP contribution in [0.4, 0.5) is 0 Å². The molecule has 0 amide bonds. The molecule has 0 bridgehead atoms. The highest BCUT2D eigenvalue weighted by Gasteiger charge is 2.32. The van der Waals surface area contributed by atoms with Crippen LogP contribution in [0.25, 0.3) is 0 Å². The lowest BCUT2D eigenvalue weighted by molar-refractivity contribution is -0.136. The van der Waals surface area contributed by atoms with Crippen LogP contribution in [0.5, 0.6) is 28.7 Å². The first-order valence-electron chi connectivity index (χ1n) is 13.4. The number of aryl methyl sites for hydroxylation is 2. The molecule has 5 rings (SSSR count). The minimum atomic E-state index is -0.574. The van der Waals surface area contributed by atoms with Crippen molar-refractivity contribution in [3.63, 3.8) is 0 Å². The van der Waals surface area contributed by atoms with E-state index in [1.54, 1.807) is 49.6 Å². The summed E-state index contributed by atoms with van der Waals surface area (Å²) in [6, 6.07) is 25.7. The summed E-state index contributed by atoms with van der Waals surface area (Å²) in [6.45, 7) is 3.88. The number of fused-ring (bicyclic) bond motifs is 1. The zero-order valence-corrected chi connectivity index (χ0v) is 24.6. The van der Waals surface area contributed by atoms with Gasteiger partial charge in [-0.3, -0.25) is 0 Å². The molecule has 0 saturated heterocycles. The highest BCUT2D eigenvalue weighted by molar-refractivity contribution is 6.30. The van der Waals surface area contributed by atoms with Crippen LogP contribution in [0, 0.1) is 25.2 Å². The fourth-order valence-corrected chi connectivity index (χ4v) is 5.01. The molecule has 218 valence electrons. The third-order valence-corrected chi connectivity index (χ3v) is 7.25. The van der Waals surface area contributed by atoms with Gasteiger partial charge in [0.05, 0.1) is 13.0 Å². The number of hydrogen-bond donors (Lipinski definition) is 1. The predicted molar refractivity (Wildman–Crippen MR) is 162 cm³/mol. The summed E-state index contributed by atoms with van der Waals surface area (Å²) in [6.07, 6.45) is 0. The molecule has 1 aliphatic heterocycles. The number of allylic oxidation sites excluding steroid dienone is 1. The second-order valence-corrected chi connectivity index (χ2v) is 10.4. The van der Waals surface area contributed by atoms with Crippen molar-refractivity contribution >= 4 is 17.6 Å². The summed E-state index contributed by atoms with van der Waals surface area (Å²) in [5, 5.41) is 10.6. The van der Waals surface area contributed by atoms with E-state index >= 15 is 0 Å². The smallest absolute Gasteiger partial charge is 0.349 e. The van der Waals surface area contributed by atoms with E-state index < -0.39 is 11.9 Å². The standard InChI is InChI=1S/C34H29ClN2O6/c1-20-5-4-6-21(2)33(20)41-19-31(38)42-25-12-13-26-29(16-25)43-34(37)27(17-36)32(26)23-9-14-28(30(15-23)39-3)40-18-22-7-10-24(35)11-8-22/h4-16,32H,18-19,37H2,1-3H3. The number of nitrogens with zero attached hydrogens (tertiary/aromatic N) is 1. The van der Waals surface area contributed by atoms with Gasteiger partial charge >= 0.3 is 5.97 Å². The highest BCUT2D eigenvalue weighted by atomic mass is 35.5. The van der Waals surface area contributed by atoms with E-state index in [0.29, 0.717) is 40.2 Å². The first kappa shape index (κ1) is 29.4. The Hall–Kier alpha value is -5.13. The summed E-state index contributed by atoms with van der Waals surface area (Å²) in [5.74, 6) is 1.13. The number of methoxy groups -OCH3 is 1. The number of carbonyl (C=O) groups excluding carboxylic acids is 1. The number of esters is 1. The summed E-state index contributed by atoms with van der Waals surface area (Å²) >= 11 is 5.98. The Bertz CT molecular complexity index is 1720. The fourth-order valence-electron chi connectivity index (χ4n) is 4.89. The molecule has 0 fully saturated rings. The van der Waals surface area contributed by atoms with Gasteiger partial charge in [0.25, 0.3) is 0 Å². The van der Waals surface area contributed by atoms with Crippen molar-refractivity contribution in [1.82, 2.24) is 0 Å². The van der Waals surface area contributed by atoms with Crippen LogP contribution in [0.1, 0.15) is 33.7 Å². The lowest BCUT2D eigenvalue weighted by Crippen LogP contribution is -2.22. The van der Waals surface area contributed by atoms with Gasteiger partial charge in [-0.05, 0) is 66.4 Å². The average Bonchev–Trinajstić information content (AvgIpc) is 2.99. The summed E-state index contributed by atoms with van der Waals surface area (Å²) in [4.78, 5) is 12.6. The van der Waals surface area contributed by atoms with Gasteiger partial charge in [-0.15, -0.1) is 0 Å². The molecule has 2 N–H and O–H groups in total. The van der Waals surface area contributed by atoms with Gasteiger partial charge in [0, 0.05) is 16.7 Å². The van der Waals surface area contributed by atoms with Crippen LogP contribution in [0.3, 0.4) is 0 Å². The maximum Gasteiger partial charge on any atom is 0.349 e. The molecule has 4 aromatic carbocycles. The third kappa shape index (κ3) is 6.53. The SMILES string of the molecule is COc1cc(C2C(C#N)=C(N)Oc3cc(OC(=O)COc4c(C)cccc4C)ccc32)ccc1OCc1ccc(Cl)cc1. The van der Waals surface area contributed by atoms with Gasteiger partial charge in [0.15, 0.2) is 18.1 Å². The molecule has 0 spiro atoms. The van der Waals surface area contributed by atoms with Crippen LogP contribution < -0.4 is 29.4 Å². The Balaban J connectivity index is 1.36. The first-order valence-corrected chi connectivity index (χ1v) is 13.8. The summed E-state index contributed by atoms with van der Waals surface area (Å²) in [7, 11) is 1.55. The molecule has 43 heavy (non-hydrogen) atoms. The van der Waals surface area contributed by atoms with Gasteiger partial charge in [-0.25, -0.2) is 4.79 Å². The molecule has 8 nitrogen and oxygen atoms in total. The molecule has 1 atom stereocenters. The summed E-state index contributed by atoms with van der Waals surface area (Å²) < 4.78 is 28.7. The Labute approximate surface area is 254 Å². The number of hydrogen-bond acceptors (Lipinski definition) is 8. The quantitative estimate of drug-likeness (QED) is 0.167. The molecule has 0 aliphatic carbocycles. The number of ether oxygens (including phenoxy) is 5. The Kier molecular flexibility index (Phi) is 8.74. The Morgan fingerprint density at radius 1 is 0.977 bits per heavy atom. The van der Waals surface area contributed by atoms with Crippen LogP contribution in [0.2, 0.25) is 5.02 Å². The van der Waals surface area contributed by atoms with Crippen molar-refractivity contribution in [3.8, 4) is 34.8 Å². The zero-order valence-electron chi connectivity index (χ0n) is 23.8. The van der Waals surface area contributed by atoms with Crippen LogP contribution in [0.15, 0.2) is 90.3 Å². The van der Waals surface area contributed by atoms with Crippen molar-refractivity contribution in [3.05, 3.63) is 123 Å². The topological polar surface area (TPSA) is 113 Å². The minimum Gasteiger partial charge on any atom is -0.493 e. The van der Waals surface area contributed by atoms with Gasteiger partial charge in [0.1, 0.15) is 35.5 Å². The number of para-hydroxylation sites is 1. The predicted octanol–water partition coefficient (Wildman–Crippen LogP) is 6.75. The van der Waals surface area contributed by atoms with Crippen molar-refractivity contribution < 1.29 is 28.5 Å². The fraction of sp³-hybridized carbons (Fsp3) is 0.176. The van der Waals surface area contributed by atoms with E-state index in [1.165, 1.54) is 0 Å². The number of rotatable bonds is 9. The van der Waals surface area contributed by atoms with Crippen molar-refractivity contribution in [2.24, 2.45) is 5.73 Å². The molecule has 1 aliphatic rings. The molecular weight excluding hydrogens is 568 g/mol. The zero-order chi connectivity index (χ0) is 30.5. The van der Waals surface area contributed by atoms with E-state index in [4.69, 9.17) is 41.0 Å². The van der Waals surface area contributed by atoms with Crippen molar-refractivity contribution in [2.45, 2.75) is 26.4 Å². The number of nitriles is 1. The van der Waals surface area contributed by atoms with Crippen molar-refractivity contribution in [2.75, 3.05) is 13.7 Å². The Morgan fingerprint density at radius 2 is 1.72 bits per heavy atom. The van der Waals surface area contributed by atoms with Crippen molar-refractivity contribution in [1.29, 1.82) is 5.26 Å². The lowest BCUT2D eigenvalue weighted by Gasteiger charge is -2.27. The second-order valence-electron chi connectivity index (χ2n) is 9.93. The number of nitrogens with two attached hydrogens (primary N) is 1. The van der Waals surface area contributed by atoms with Crippen LogP contribution in [-0.4, -0.2) is 19.7 Å². The maximum atomic E-state index is 12.6. The lowest BCUT2D eigenvalue weighted by atomic mass is 9.83. The number of carbonyl (C=O) groups is 1. The van der Waals surface area contributed by atoms with Gasteiger partial charge < -0.3 is 29.4 Å². The second kappa shape index (κ2) is 12.8. The third-order valence-electron chi connectivity index (χ3n) is 6.99. The maximum absolute atomic E-state index is 12.6. The van der Waals surface area contributed by atoms with E-state index in [2.05, 4.69) is 6.07 Å². The number of halogens is 1. The molecule has 9 heteroatoms. The molecule has 0 radical (unpaired) electrons. The van der Waals surface area contributed by atoms with E-state index in [0.717, 1.165) is 22.3 Å². The first-order chi connectivity index (χ1) is 20.8. The molecular formula is C34H29ClN2O6. The normalized spacial score (nSPS) is 13.8. The number of benzene rings is 4. The largest absolute Gasteiger partial charge is 0.493 e. The summed E-state index contributed by atoms with van der Waals surface area (Å²) in [5.41, 5.74) is 10.7. The minimum absolute atomic E-state index is 0.0381. The molecule has 4 aromatic rings. The van der Waals surface area contributed by atoms with Crippen LogP contribution >= 0.6 is 11.6 Å². The van der Waals surface area contributed by atoms with E-state index in [9.17, 15) is 10.1 Å². The molecule has 0 aromatic heterocycles. The Morgan fingerprint density at radius 3 is 2.42 bits per heavy atom. The van der Waals surface area contributed by atoms with Gasteiger partial charge in [-0.1, -0.05) is 54.1 Å². The molecule has 1 unspecified atom stereocenters. The van der Waals surface area contributed by atoms with E-state index in [-0.39, 0.29) is 23.8 Å². The van der Waals surface area contributed by atoms with Gasteiger partial charge in [0.2, 0.25) is 5.88 Å². The highest BCUT2D eigenvalue weighted by Crippen LogP contribution is 2.45. The van der Waals surface area contributed by atoms with Crippen LogP contribution in [-0.2, 0) is 11.4 Å². The molecule has 1 heterocycles. The average molecular weight is 597 g/mol. The molecule has 0 saturated carbocycles. The van der Waals surface area contributed by atoms with E-state index in [1.807, 2.05) is 50.2 Å². The van der Waals surface area contributed by atoms with Gasteiger partial charge in [-0.2, -0.15) is 5.26 Å². The monoisotopic (exact) mass is 596 g/mol.